The van der Waals surface area contributed by atoms with E-state index in [4.69, 9.17) is 29.2 Å². The Morgan fingerprint density at radius 3 is 2.69 bits per heavy atom. The average molecular weight is 416 g/mol. The fourth-order valence-electron chi connectivity index (χ4n) is 2.96. The molecule has 0 bridgehead atoms. The second-order valence-corrected chi connectivity index (χ2v) is 7.35. The zero-order valence-electron chi connectivity index (χ0n) is 15.7. The Hall–Kier alpha value is -3.27. The number of fused-ring (bicyclic) bond motifs is 3. The van der Waals surface area contributed by atoms with E-state index in [1.165, 1.54) is 23.3 Å². The molecule has 0 aliphatic heterocycles. The van der Waals surface area contributed by atoms with Crippen LogP contribution < -0.4 is 5.43 Å². The minimum atomic E-state index is -1.82. The van der Waals surface area contributed by atoms with E-state index in [1.54, 1.807) is 18.7 Å². The van der Waals surface area contributed by atoms with Crippen molar-refractivity contribution >= 4 is 45.5 Å². The van der Waals surface area contributed by atoms with Gasteiger partial charge in [0.2, 0.25) is 0 Å². The molecule has 0 radical (unpaired) electrons. The highest BCUT2D eigenvalue weighted by atomic mass is 32.1. The Labute approximate surface area is 170 Å². The summed E-state index contributed by atoms with van der Waals surface area (Å²) in [6, 6.07) is 1.87. The second-order valence-electron chi connectivity index (χ2n) is 6.27. The van der Waals surface area contributed by atoms with Gasteiger partial charge in [0.25, 0.3) is 0 Å². The Balaban J connectivity index is 0.000000353. The maximum absolute atomic E-state index is 9.10. The fraction of sp³-hybridized carbons (Fsp3) is 0.316. The number of rotatable bonds is 4. The molecule has 29 heavy (non-hydrogen) atoms. The standard InChI is InChI=1S/C17H18N4OS.C2H2O4/c1-2-14-19-16(21-18-9-11-7-8-22-10-11)15-12-5-3-4-6-13(12)23-17(15)20-14;3-1(4)2(5)6/h7-10H,2-6H2,1H3,(H,19,20,21);(H,3,4)(H,5,6). The SMILES string of the molecule is CCc1nc(NN=Cc2ccoc2)c2c3c(sc2n1)CCCC3.O=C(O)C(=O)O. The van der Waals surface area contributed by atoms with Crippen molar-refractivity contribution in [2.45, 2.75) is 39.0 Å². The van der Waals surface area contributed by atoms with Crippen molar-refractivity contribution in [2.24, 2.45) is 5.10 Å². The van der Waals surface area contributed by atoms with E-state index in [9.17, 15) is 0 Å². The van der Waals surface area contributed by atoms with Gasteiger partial charge in [-0.15, -0.1) is 11.3 Å². The van der Waals surface area contributed by atoms with Crippen molar-refractivity contribution in [1.82, 2.24) is 9.97 Å². The van der Waals surface area contributed by atoms with Gasteiger partial charge in [-0.2, -0.15) is 5.10 Å². The summed E-state index contributed by atoms with van der Waals surface area (Å²) in [6.07, 6.45) is 10.6. The van der Waals surface area contributed by atoms with Crippen LogP contribution in [0, 0.1) is 0 Å². The highest BCUT2D eigenvalue weighted by molar-refractivity contribution is 7.19. The van der Waals surface area contributed by atoms with Gasteiger partial charge in [0.15, 0.2) is 5.82 Å². The Bertz CT molecular complexity index is 1030. The number of thiophene rings is 1. The van der Waals surface area contributed by atoms with Crippen molar-refractivity contribution in [3.8, 4) is 0 Å². The molecular formula is C19H20N4O5S. The Kier molecular flexibility index (Phi) is 6.55. The molecule has 0 amide bonds. The van der Waals surface area contributed by atoms with Crippen LogP contribution in [0.3, 0.4) is 0 Å². The Morgan fingerprint density at radius 2 is 2.03 bits per heavy atom. The maximum atomic E-state index is 9.10. The zero-order chi connectivity index (χ0) is 20.8. The quantitative estimate of drug-likeness (QED) is 0.334. The lowest BCUT2D eigenvalue weighted by atomic mass is 9.97. The third kappa shape index (κ3) is 4.96. The van der Waals surface area contributed by atoms with E-state index in [1.807, 2.05) is 17.4 Å². The molecule has 1 aliphatic rings. The molecule has 3 N–H and O–H groups in total. The number of aromatic nitrogens is 2. The molecule has 4 rings (SSSR count). The van der Waals surface area contributed by atoms with Gasteiger partial charge in [-0.3, -0.25) is 5.43 Å². The van der Waals surface area contributed by atoms with Crippen molar-refractivity contribution in [3.63, 3.8) is 0 Å². The molecular weight excluding hydrogens is 396 g/mol. The monoisotopic (exact) mass is 416 g/mol. The number of furan rings is 1. The summed E-state index contributed by atoms with van der Waals surface area (Å²) >= 11 is 1.82. The van der Waals surface area contributed by atoms with Crippen LogP contribution in [0.1, 0.15) is 41.6 Å². The predicted octanol–water partition coefficient (Wildman–Crippen LogP) is 3.33. The third-order valence-corrected chi connectivity index (χ3v) is 5.47. The first kappa shape index (κ1) is 20.5. The molecule has 0 saturated heterocycles. The van der Waals surface area contributed by atoms with E-state index >= 15 is 0 Å². The number of aliphatic carboxylic acids is 2. The van der Waals surface area contributed by atoms with Crippen molar-refractivity contribution in [2.75, 3.05) is 5.43 Å². The largest absolute Gasteiger partial charge is 0.473 e. The zero-order valence-corrected chi connectivity index (χ0v) is 16.5. The molecule has 9 nitrogen and oxygen atoms in total. The molecule has 0 spiro atoms. The Morgan fingerprint density at radius 1 is 1.28 bits per heavy atom. The van der Waals surface area contributed by atoms with Crippen molar-refractivity contribution < 1.29 is 24.2 Å². The van der Waals surface area contributed by atoms with Gasteiger partial charge >= 0.3 is 11.9 Å². The van der Waals surface area contributed by atoms with Gasteiger partial charge in [0.05, 0.1) is 24.1 Å². The fourth-order valence-corrected chi connectivity index (χ4v) is 4.24. The smallest absolute Gasteiger partial charge is 0.414 e. The van der Waals surface area contributed by atoms with Crippen LogP contribution in [0.25, 0.3) is 10.2 Å². The number of hydrogen-bond donors (Lipinski definition) is 3. The van der Waals surface area contributed by atoms with Gasteiger partial charge < -0.3 is 14.6 Å². The molecule has 1 aliphatic carbocycles. The number of hydrazone groups is 1. The van der Waals surface area contributed by atoms with Crippen LogP contribution in [-0.4, -0.2) is 38.3 Å². The van der Waals surface area contributed by atoms with Crippen molar-refractivity contribution in [3.05, 3.63) is 40.4 Å². The molecule has 10 heteroatoms. The molecule has 3 heterocycles. The number of aryl methyl sites for hydroxylation is 3. The molecule has 0 fully saturated rings. The number of carbonyl (C=O) groups is 2. The summed E-state index contributed by atoms with van der Waals surface area (Å²) in [7, 11) is 0. The summed E-state index contributed by atoms with van der Waals surface area (Å²) in [4.78, 5) is 30.1. The summed E-state index contributed by atoms with van der Waals surface area (Å²) in [5.74, 6) is -1.96. The van der Waals surface area contributed by atoms with Crippen molar-refractivity contribution in [1.29, 1.82) is 0 Å². The predicted molar refractivity (Wildman–Crippen MR) is 109 cm³/mol. The molecule has 3 aromatic rings. The number of nitrogens with one attached hydrogen (secondary N) is 1. The first-order chi connectivity index (χ1) is 14.0. The normalized spacial score (nSPS) is 13.0. The molecule has 0 atom stereocenters. The van der Waals surface area contributed by atoms with Crippen LogP contribution in [-0.2, 0) is 28.9 Å². The van der Waals surface area contributed by atoms with E-state index in [0.717, 1.165) is 46.7 Å². The topological polar surface area (TPSA) is 138 Å². The average Bonchev–Trinajstić information content (AvgIpc) is 3.35. The molecule has 0 aromatic carbocycles. The number of hydrogen-bond acceptors (Lipinski definition) is 8. The third-order valence-electron chi connectivity index (χ3n) is 4.29. The minimum Gasteiger partial charge on any atom is -0.473 e. The van der Waals surface area contributed by atoms with E-state index in [0.29, 0.717) is 0 Å². The van der Waals surface area contributed by atoms with E-state index in [2.05, 4.69) is 22.4 Å². The lowest BCUT2D eigenvalue weighted by Crippen LogP contribution is -2.09. The van der Waals surface area contributed by atoms with Crippen LogP contribution in [0.5, 0.6) is 0 Å². The van der Waals surface area contributed by atoms with Crippen LogP contribution in [0.2, 0.25) is 0 Å². The van der Waals surface area contributed by atoms with Gasteiger partial charge in [0, 0.05) is 16.9 Å². The number of carboxylic acid groups (broad SMARTS) is 2. The summed E-state index contributed by atoms with van der Waals surface area (Å²) < 4.78 is 5.04. The molecule has 3 aromatic heterocycles. The second kappa shape index (κ2) is 9.28. The maximum Gasteiger partial charge on any atom is 0.414 e. The molecule has 0 saturated carbocycles. The highest BCUT2D eigenvalue weighted by Crippen LogP contribution is 2.38. The number of anilines is 1. The summed E-state index contributed by atoms with van der Waals surface area (Å²) in [5.41, 5.74) is 5.46. The highest BCUT2D eigenvalue weighted by Gasteiger charge is 2.20. The van der Waals surface area contributed by atoms with Crippen LogP contribution >= 0.6 is 11.3 Å². The van der Waals surface area contributed by atoms with Crippen LogP contribution in [0.15, 0.2) is 28.1 Å². The first-order valence-electron chi connectivity index (χ1n) is 9.08. The minimum absolute atomic E-state index is 0.818. The summed E-state index contributed by atoms with van der Waals surface area (Å²) in [5, 5.41) is 20.3. The van der Waals surface area contributed by atoms with E-state index < -0.39 is 11.9 Å². The molecule has 0 unspecified atom stereocenters. The molecule has 152 valence electrons. The van der Waals surface area contributed by atoms with Gasteiger partial charge in [-0.25, -0.2) is 19.6 Å². The number of nitrogens with zero attached hydrogens (tertiary/aromatic N) is 3. The van der Waals surface area contributed by atoms with Gasteiger partial charge in [-0.05, 0) is 37.3 Å². The summed E-state index contributed by atoms with van der Waals surface area (Å²) in [6.45, 7) is 2.08. The first-order valence-corrected chi connectivity index (χ1v) is 9.89. The van der Waals surface area contributed by atoms with E-state index in [-0.39, 0.29) is 0 Å². The lowest BCUT2D eigenvalue weighted by molar-refractivity contribution is -0.159. The van der Waals surface area contributed by atoms with Gasteiger partial charge in [-0.1, -0.05) is 6.92 Å². The lowest BCUT2D eigenvalue weighted by Gasteiger charge is -2.11. The van der Waals surface area contributed by atoms with Gasteiger partial charge in [0.1, 0.15) is 10.7 Å². The van der Waals surface area contributed by atoms with Crippen LogP contribution in [0.4, 0.5) is 5.82 Å². The number of carboxylic acids is 2.